The van der Waals surface area contributed by atoms with Gasteiger partial charge in [-0.05, 0) is 6.92 Å². The van der Waals surface area contributed by atoms with E-state index in [1.807, 2.05) is 61.5 Å². The molecule has 0 aliphatic heterocycles. The SMILES string of the molecule is Cc1ccc(/C(O)=C(/N)c2ccccc2)cc1. The first kappa shape index (κ1) is 11.3. The molecule has 0 aliphatic rings. The predicted octanol–water partition coefficient (Wildman–Crippen LogP) is 3.34. The fraction of sp³-hybridized carbons (Fsp3) is 0.0667. The lowest BCUT2D eigenvalue weighted by molar-refractivity contribution is 0.513. The van der Waals surface area contributed by atoms with Crippen LogP contribution in [0.5, 0.6) is 0 Å². The number of nitrogens with two attached hydrogens (primary N) is 1. The van der Waals surface area contributed by atoms with Crippen LogP contribution in [0.25, 0.3) is 11.5 Å². The Bertz CT molecular complexity index is 527. The summed E-state index contributed by atoms with van der Waals surface area (Å²) in [5, 5.41) is 10.1. The quantitative estimate of drug-likeness (QED) is 0.608. The zero-order valence-electron chi connectivity index (χ0n) is 9.72. The van der Waals surface area contributed by atoms with Gasteiger partial charge in [-0.25, -0.2) is 0 Å². The summed E-state index contributed by atoms with van der Waals surface area (Å²) in [5.74, 6) is 0.121. The third kappa shape index (κ3) is 2.48. The van der Waals surface area contributed by atoms with E-state index < -0.39 is 0 Å². The Morgan fingerprint density at radius 1 is 0.882 bits per heavy atom. The summed E-state index contributed by atoms with van der Waals surface area (Å²) in [6.07, 6.45) is 0. The topological polar surface area (TPSA) is 46.2 Å². The number of rotatable bonds is 2. The minimum atomic E-state index is 0.121. The molecule has 2 nitrogen and oxygen atoms in total. The third-order valence-electron chi connectivity index (χ3n) is 2.66. The second-order valence-electron chi connectivity index (χ2n) is 3.99. The molecule has 2 rings (SSSR count). The van der Waals surface area contributed by atoms with E-state index in [1.165, 1.54) is 0 Å². The summed E-state index contributed by atoms with van der Waals surface area (Å²) in [5.41, 5.74) is 9.05. The van der Waals surface area contributed by atoms with Crippen LogP contribution in [0.15, 0.2) is 54.6 Å². The number of hydrogen-bond donors (Lipinski definition) is 2. The van der Waals surface area contributed by atoms with Crippen molar-refractivity contribution in [2.75, 3.05) is 0 Å². The van der Waals surface area contributed by atoms with Crippen LogP contribution in [-0.4, -0.2) is 5.11 Å². The molecule has 0 heterocycles. The average molecular weight is 225 g/mol. The van der Waals surface area contributed by atoms with Gasteiger partial charge in [0, 0.05) is 11.1 Å². The normalized spacial score (nSPS) is 12.1. The van der Waals surface area contributed by atoms with Gasteiger partial charge in [0.25, 0.3) is 0 Å². The highest BCUT2D eigenvalue weighted by molar-refractivity contribution is 5.84. The summed E-state index contributed by atoms with van der Waals surface area (Å²) in [6, 6.07) is 17.1. The molecule has 0 saturated carbocycles. The van der Waals surface area contributed by atoms with Crippen LogP contribution in [0.4, 0.5) is 0 Å². The van der Waals surface area contributed by atoms with E-state index in [9.17, 15) is 5.11 Å². The van der Waals surface area contributed by atoms with Crippen molar-refractivity contribution in [1.82, 2.24) is 0 Å². The minimum Gasteiger partial charge on any atom is -0.505 e. The highest BCUT2D eigenvalue weighted by atomic mass is 16.3. The van der Waals surface area contributed by atoms with Crippen molar-refractivity contribution in [2.24, 2.45) is 5.73 Å². The Morgan fingerprint density at radius 3 is 2.06 bits per heavy atom. The van der Waals surface area contributed by atoms with E-state index in [0.717, 1.165) is 16.7 Å². The van der Waals surface area contributed by atoms with Gasteiger partial charge in [0.05, 0.1) is 5.70 Å². The molecule has 0 aliphatic carbocycles. The van der Waals surface area contributed by atoms with E-state index in [-0.39, 0.29) is 5.76 Å². The van der Waals surface area contributed by atoms with Gasteiger partial charge in [-0.15, -0.1) is 0 Å². The highest BCUT2D eigenvalue weighted by Gasteiger charge is 2.06. The van der Waals surface area contributed by atoms with Gasteiger partial charge in [-0.2, -0.15) is 0 Å². The fourth-order valence-electron chi connectivity index (χ4n) is 1.62. The summed E-state index contributed by atoms with van der Waals surface area (Å²) >= 11 is 0. The molecule has 0 amide bonds. The van der Waals surface area contributed by atoms with Crippen LogP contribution in [-0.2, 0) is 0 Å². The summed E-state index contributed by atoms with van der Waals surface area (Å²) in [6.45, 7) is 2.01. The van der Waals surface area contributed by atoms with Gasteiger partial charge < -0.3 is 10.8 Å². The van der Waals surface area contributed by atoms with E-state index in [4.69, 9.17) is 5.73 Å². The van der Waals surface area contributed by atoms with E-state index in [0.29, 0.717) is 5.70 Å². The largest absolute Gasteiger partial charge is 0.505 e. The molecular weight excluding hydrogens is 210 g/mol. The Labute approximate surface area is 101 Å². The molecular formula is C15H15NO. The molecule has 0 atom stereocenters. The monoisotopic (exact) mass is 225 g/mol. The average Bonchev–Trinajstić information content (AvgIpc) is 2.39. The van der Waals surface area contributed by atoms with Crippen molar-refractivity contribution < 1.29 is 5.11 Å². The second kappa shape index (κ2) is 4.74. The Balaban J connectivity index is 2.41. The van der Waals surface area contributed by atoms with E-state index in [1.54, 1.807) is 0 Å². The first-order chi connectivity index (χ1) is 8.18. The number of benzene rings is 2. The van der Waals surface area contributed by atoms with Gasteiger partial charge in [-0.1, -0.05) is 60.2 Å². The maximum absolute atomic E-state index is 10.1. The van der Waals surface area contributed by atoms with E-state index >= 15 is 0 Å². The minimum absolute atomic E-state index is 0.121. The standard InChI is InChI=1S/C15H15NO/c1-11-7-9-13(10-8-11)15(17)14(16)12-5-3-2-4-6-12/h2-10,17H,16H2,1H3/b15-14-. The molecule has 3 N–H and O–H groups in total. The lowest BCUT2D eigenvalue weighted by Crippen LogP contribution is -2.01. The molecule has 2 aromatic rings. The second-order valence-corrected chi connectivity index (χ2v) is 3.99. The van der Waals surface area contributed by atoms with Gasteiger partial charge >= 0.3 is 0 Å². The number of aliphatic hydroxyl groups is 1. The van der Waals surface area contributed by atoms with Crippen LogP contribution >= 0.6 is 0 Å². The summed E-state index contributed by atoms with van der Waals surface area (Å²) in [4.78, 5) is 0. The summed E-state index contributed by atoms with van der Waals surface area (Å²) in [7, 11) is 0. The molecule has 0 radical (unpaired) electrons. The van der Waals surface area contributed by atoms with Crippen LogP contribution in [0.2, 0.25) is 0 Å². The Morgan fingerprint density at radius 2 is 1.47 bits per heavy atom. The molecule has 86 valence electrons. The van der Waals surface area contributed by atoms with Crippen molar-refractivity contribution in [3.05, 3.63) is 71.3 Å². The van der Waals surface area contributed by atoms with Gasteiger partial charge in [0.15, 0.2) is 0 Å². The van der Waals surface area contributed by atoms with Crippen LogP contribution in [0.1, 0.15) is 16.7 Å². The molecule has 0 unspecified atom stereocenters. The maximum Gasteiger partial charge on any atom is 0.146 e. The maximum atomic E-state index is 10.1. The lowest BCUT2D eigenvalue weighted by Gasteiger charge is -2.07. The Hall–Kier alpha value is -2.22. The lowest BCUT2D eigenvalue weighted by atomic mass is 10.1. The first-order valence-corrected chi connectivity index (χ1v) is 5.49. The van der Waals surface area contributed by atoms with Crippen LogP contribution < -0.4 is 5.73 Å². The van der Waals surface area contributed by atoms with Crippen molar-refractivity contribution >= 4 is 11.5 Å². The van der Waals surface area contributed by atoms with Gasteiger partial charge in [0.1, 0.15) is 5.76 Å². The van der Waals surface area contributed by atoms with Gasteiger partial charge in [0.2, 0.25) is 0 Å². The smallest absolute Gasteiger partial charge is 0.146 e. The Kier molecular flexibility index (Phi) is 3.15. The molecule has 0 bridgehead atoms. The highest BCUT2D eigenvalue weighted by Crippen LogP contribution is 2.20. The van der Waals surface area contributed by atoms with Crippen molar-refractivity contribution in [2.45, 2.75) is 6.92 Å². The van der Waals surface area contributed by atoms with Crippen molar-refractivity contribution in [3.63, 3.8) is 0 Å². The van der Waals surface area contributed by atoms with Crippen molar-refractivity contribution in [3.8, 4) is 0 Å². The molecule has 0 aromatic heterocycles. The molecule has 0 fully saturated rings. The number of aliphatic hydroxyl groups excluding tert-OH is 1. The number of hydrogen-bond acceptors (Lipinski definition) is 2. The molecule has 0 saturated heterocycles. The predicted molar refractivity (Wildman–Crippen MR) is 71.3 cm³/mol. The first-order valence-electron chi connectivity index (χ1n) is 5.49. The van der Waals surface area contributed by atoms with Gasteiger partial charge in [-0.3, -0.25) is 0 Å². The van der Waals surface area contributed by atoms with E-state index in [2.05, 4.69) is 0 Å². The van der Waals surface area contributed by atoms with Crippen LogP contribution in [0, 0.1) is 6.92 Å². The molecule has 0 spiro atoms. The number of aryl methyl sites for hydroxylation is 1. The fourth-order valence-corrected chi connectivity index (χ4v) is 1.62. The zero-order chi connectivity index (χ0) is 12.3. The summed E-state index contributed by atoms with van der Waals surface area (Å²) < 4.78 is 0. The third-order valence-corrected chi connectivity index (χ3v) is 2.66. The molecule has 2 aromatic carbocycles. The van der Waals surface area contributed by atoms with Crippen LogP contribution in [0.3, 0.4) is 0 Å². The molecule has 2 heteroatoms. The van der Waals surface area contributed by atoms with Crippen molar-refractivity contribution in [1.29, 1.82) is 0 Å². The molecule has 17 heavy (non-hydrogen) atoms. The zero-order valence-corrected chi connectivity index (χ0v) is 9.72.